The molecule has 0 radical (unpaired) electrons. The van der Waals surface area contributed by atoms with Crippen LogP contribution >= 0.6 is 0 Å². The van der Waals surface area contributed by atoms with Crippen molar-refractivity contribution >= 4 is 29.5 Å². The van der Waals surface area contributed by atoms with Gasteiger partial charge < -0.3 is 31.9 Å². The lowest BCUT2D eigenvalue weighted by Crippen LogP contribution is -2.63. The Kier molecular flexibility index (Phi) is 18.3. The predicted molar refractivity (Wildman–Crippen MR) is 247 cm³/mol. The summed E-state index contributed by atoms with van der Waals surface area (Å²) in [5.41, 5.74) is 15.8. The summed E-state index contributed by atoms with van der Waals surface area (Å²) in [5, 5.41) is 6.13. The van der Waals surface area contributed by atoms with E-state index in [4.69, 9.17) is 11.5 Å². The van der Waals surface area contributed by atoms with Crippen LogP contribution < -0.4 is 22.1 Å². The van der Waals surface area contributed by atoms with Gasteiger partial charge in [-0.25, -0.2) is 0 Å². The van der Waals surface area contributed by atoms with Crippen molar-refractivity contribution in [2.45, 2.75) is 133 Å². The molecule has 12 nitrogen and oxygen atoms in total. The smallest absolute Gasteiger partial charge is 0.252 e. The number of carbonyl (C=O) groups excluding carboxylic acids is 5. The van der Waals surface area contributed by atoms with Crippen LogP contribution in [0.25, 0.3) is 0 Å². The molecule has 1 saturated carbocycles. The molecule has 340 valence electrons. The Morgan fingerprint density at radius 3 is 1.89 bits per heavy atom. The second-order valence-corrected chi connectivity index (χ2v) is 18.1. The van der Waals surface area contributed by atoms with E-state index in [0.717, 1.165) is 62.5 Å². The van der Waals surface area contributed by atoms with Gasteiger partial charge in [0, 0.05) is 26.1 Å². The zero-order chi connectivity index (χ0) is 44.6. The first-order valence-corrected chi connectivity index (χ1v) is 23.7. The molecule has 2 heterocycles. The van der Waals surface area contributed by atoms with E-state index >= 15 is 14.4 Å². The fourth-order valence-electron chi connectivity index (χ4n) is 9.97. The first-order valence-electron chi connectivity index (χ1n) is 23.7. The second-order valence-electron chi connectivity index (χ2n) is 18.1. The van der Waals surface area contributed by atoms with Crippen molar-refractivity contribution in [3.05, 3.63) is 108 Å². The number of benzene rings is 3. The molecule has 0 aromatic heterocycles. The van der Waals surface area contributed by atoms with E-state index in [1.807, 2.05) is 83.8 Å². The number of nitrogens with zero attached hydrogens (tertiary/aromatic N) is 3. The summed E-state index contributed by atoms with van der Waals surface area (Å²) in [7, 11) is 1.72. The zero-order valence-electron chi connectivity index (χ0n) is 37.4. The molecule has 0 spiro atoms. The lowest BCUT2D eigenvalue weighted by atomic mass is 9.84. The van der Waals surface area contributed by atoms with Gasteiger partial charge in [-0.05, 0) is 106 Å². The highest BCUT2D eigenvalue weighted by molar-refractivity contribution is 6.05. The van der Waals surface area contributed by atoms with E-state index in [0.29, 0.717) is 70.5 Å². The molecule has 5 atom stereocenters. The van der Waals surface area contributed by atoms with Crippen molar-refractivity contribution in [2.24, 2.45) is 23.3 Å². The number of imide groups is 1. The average Bonchev–Trinajstić information content (AvgIpc) is 3.82. The van der Waals surface area contributed by atoms with Gasteiger partial charge in [-0.1, -0.05) is 123 Å². The fraction of sp³-hybridized carbons (Fsp3) is 0.549. The molecule has 0 unspecified atom stereocenters. The molecule has 5 amide bonds. The molecule has 6 rings (SSSR count). The predicted octanol–water partition coefficient (Wildman–Crippen LogP) is 5.17. The van der Waals surface area contributed by atoms with E-state index in [9.17, 15) is 9.59 Å². The molecule has 0 bridgehead atoms. The number of hydrogen-bond acceptors (Lipinski definition) is 8. The van der Waals surface area contributed by atoms with Crippen LogP contribution in [0.15, 0.2) is 91.0 Å². The highest BCUT2D eigenvalue weighted by atomic mass is 16.2. The normalized spacial score (nSPS) is 19.2. The number of likely N-dealkylation sites (tertiary alicyclic amines) is 2. The molecule has 3 fully saturated rings. The summed E-state index contributed by atoms with van der Waals surface area (Å²) in [4.78, 5) is 78.6. The maximum atomic E-state index is 15.4. The van der Waals surface area contributed by atoms with Gasteiger partial charge in [0.2, 0.25) is 23.6 Å². The Bertz CT molecular complexity index is 1900. The van der Waals surface area contributed by atoms with Gasteiger partial charge >= 0.3 is 0 Å². The standard InChI is InChI=1S/C51H71N7O5/c1-54-44(35-39-21-10-4-11-22-39)47(59)55-43(25-14-15-29-52)49(61)57-30-16-26-45(57)51(63)58(48(60)42(53)34-38-19-8-3-9-20-38)46(36-40-23-12-5-13-24-40)50(62)56-31-27-41(28-32-56)33-37-17-6-2-7-18-37/h2,4-7,10-13,17-18,21-24,38,41-46,54H,3,8-9,14-16,19-20,25-36,52-53H2,1H3,(H,55,59)/t42-,43+,44+,45+,46+/m1/s1. The Labute approximate surface area is 374 Å². The van der Waals surface area contributed by atoms with Crippen LogP contribution in [0, 0.1) is 11.8 Å². The van der Waals surface area contributed by atoms with Crippen molar-refractivity contribution < 1.29 is 24.0 Å². The number of unbranched alkanes of at least 4 members (excludes halogenated alkanes) is 1. The molecule has 3 aliphatic rings. The minimum absolute atomic E-state index is 0.127. The van der Waals surface area contributed by atoms with Gasteiger partial charge in [-0.3, -0.25) is 28.9 Å². The van der Waals surface area contributed by atoms with Gasteiger partial charge in [-0.2, -0.15) is 0 Å². The highest BCUT2D eigenvalue weighted by Crippen LogP contribution is 2.30. The number of nitrogens with one attached hydrogen (secondary N) is 2. The average molecular weight is 862 g/mol. The molecule has 2 aliphatic heterocycles. The van der Waals surface area contributed by atoms with E-state index in [1.54, 1.807) is 7.05 Å². The number of piperidine rings is 1. The van der Waals surface area contributed by atoms with Gasteiger partial charge in [0.25, 0.3) is 5.91 Å². The summed E-state index contributed by atoms with van der Waals surface area (Å²) >= 11 is 0. The van der Waals surface area contributed by atoms with Gasteiger partial charge in [0.05, 0.1) is 12.1 Å². The Hall–Kier alpha value is -4.91. The molecular formula is C51H71N7O5. The van der Waals surface area contributed by atoms with E-state index in [1.165, 1.54) is 15.4 Å². The topological polar surface area (TPSA) is 171 Å². The number of nitrogens with two attached hydrogens (primary N) is 2. The van der Waals surface area contributed by atoms with Crippen LogP contribution in [0.1, 0.15) is 100 Å². The van der Waals surface area contributed by atoms with Crippen LogP contribution in [-0.4, -0.2) is 108 Å². The number of rotatable bonds is 20. The quantitative estimate of drug-likeness (QED) is 0.113. The third kappa shape index (κ3) is 13.3. The molecule has 6 N–H and O–H groups in total. The third-order valence-electron chi connectivity index (χ3n) is 13.6. The zero-order valence-corrected chi connectivity index (χ0v) is 37.4. The van der Waals surface area contributed by atoms with Gasteiger partial charge in [-0.15, -0.1) is 0 Å². The Morgan fingerprint density at radius 1 is 0.683 bits per heavy atom. The van der Waals surface area contributed by atoms with Crippen molar-refractivity contribution in [3.8, 4) is 0 Å². The molecule has 1 aliphatic carbocycles. The summed E-state index contributed by atoms with van der Waals surface area (Å²) < 4.78 is 0. The fourth-order valence-corrected chi connectivity index (χ4v) is 9.97. The van der Waals surface area contributed by atoms with Crippen molar-refractivity contribution in [3.63, 3.8) is 0 Å². The van der Waals surface area contributed by atoms with Crippen LogP contribution in [0.4, 0.5) is 0 Å². The number of carbonyl (C=O) groups is 5. The van der Waals surface area contributed by atoms with Gasteiger partial charge in [0.1, 0.15) is 18.1 Å². The van der Waals surface area contributed by atoms with E-state index < -0.39 is 42.0 Å². The van der Waals surface area contributed by atoms with Crippen LogP contribution in [0.2, 0.25) is 0 Å². The number of hydrogen-bond donors (Lipinski definition) is 4. The Balaban J connectivity index is 1.28. The molecule has 63 heavy (non-hydrogen) atoms. The molecular weight excluding hydrogens is 791 g/mol. The maximum absolute atomic E-state index is 15.4. The summed E-state index contributed by atoms with van der Waals surface area (Å²) in [6, 6.07) is 24.9. The lowest BCUT2D eigenvalue weighted by Gasteiger charge is -2.40. The molecule has 2 saturated heterocycles. The Morgan fingerprint density at radius 2 is 1.29 bits per heavy atom. The maximum Gasteiger partial charge on any atom is 0.252 e. The second kappa shape index (κ2) is 24.2. The largest absolute Gasteiger partial charge is 0.343 e. The third-order valence-corrected chi connectivity index (χ3v) is 13.6. The lowest BCUT2D eigenvalue weighted by molar-refractivity contribution is -0.160. The van der Waals surface area contributed by atoms with Crippen LogP contribution in [0.3, 0.4) is 0 Å². The highest BCUT2D eigenvalue weighted by Gasteiger charge is 2.46. The van der Waals surface area contributed by atoms with Crippen LogP contribution in [0.5, 0.6) is 0 Å². The van der Waals surface area contributed by atoms with Gasteiger partial charge in [0.15, 0.2) is 0 Å². The summed E-state index contributed by atoms with van der Waals surface area (Å²) in [6.07, 6.45) is 11.2. The number of likely N-dealkylation sites (N-methyl/N-ethyl adjacent to an activating group) is 1. The first kappa shape index (κ1) is 47.6. The number of amides is 5. The molecule has 12 heteroatoms. The van der Waals surface area contributed by atoms with E-state index in [-0.39, 0.29) is 36.6 Å². The van der Waals surface area contributed by atoms with Crippen LogP contribution in [-0.2, 0) is 43.2 Å². The van der Waals surface area contributed by atoms with Crippen molar-refractivity contribution in [2.75, 3.05) is 33.2 Å². The van der Waals surface area contributed by atoms with Crippen molar-refractivity contribution in [1.82, 2.24) is 25.3 Å². The minimum atomic E-state index is -1.15. The summed E-state index contributed by atoms with van der Waals surface area (Å²) in [6.45, 7) is 1.75. The molecule has 3 aromatic carbocycles. The van der Waals surface area contributed by atoms with Crippen molar-refractivity contribution in [1.29, 1.82) is 0 Å². The molecule has 3 aromatic rings. The summed E-state index contributed by atoms with van der Waals surface area (Å²) in [5.74, 6) is -1.45. The minimum Gasteiger partial charge on any atom is -0.343 e. The SMILES string of the molecule is CN[C@@H](Cc1ccccc1)C(=O)N[C@@H](CCCCN)C(=O)N1CCC[C@H]1C(=O)N(C(=O)[C@H](N)CC1CCCCC1)[C@@H](Cc1ccccc1)C(=O)N1CCC(Cc2ccccc2)CC1. The van der Waals surface area contributed by atoms with E-state index in [2.05, 4.69) is 22.8 Å². The monoisotopic (exact) mass is 862 g/mol. The first-order chi connectivity index (χ1) is 30.7.